The van der Waals surface area contributed by atoms with Crippen LogP contribution in [0.15, 0.2) is 0 Å². The van der Waals surface area contributed by atoms with Gasteiger partial charge in [0.2, 0.25) is 0 Å². The van der Waals surface area contributed by atoms with E-state index in [1.807, 2.05) is 0 Å². The molecular formula is C11H24N2O2. The topological polar surface area (TPSA) is 55.6 Å². The van der Waals surface area contributed by atoms with Crippen LogP contribution in [0.4, 0.5) is 0 Å². The molecule has 0 aliphatic rings. The molecule has 0 aliphatic carbocycles. The van der Waals surface area contributed by atoms with Crippen LogP contribution in [0.25, 0.3) is 0 Å². The van der Waals surface area contributed by atoms with Crippen LogP contribution < -0.4 is 5.73 Å². The van der Waals surface area contributed by atoms with Crippen molar-refractivity contribution in [3.05, 3.63) is 0 Å². The van der Waals surface area contributed by atoms with Gasteiger partial charge in [-0.15, -0.1) is 0 Å². The lowest BCUT2D eigenvalue weighted by Gasteiger charge is -2.27. The maximum atomic E-state index is 11.3. The first-order chi connectivity index (χ1) is 7.02. The Labute approximate surface area is 92.8 Å². The smallest absolute Gasteiger partial charge is 0.324 e. The minimum atomic E-state index is -0.529. The number of nitrogens with two attached hydrogens (primary N) is 1. The van der Waals surface area contributed by atoms with Crippen molar-refractivity contribution in [1.29, 1.82) is 0 Å². The van der Waals surface area contributed by atoms with E-state index in [2.05, 4.69) is 25.7 Å². The Morgan fingerprint density at radius 3 is 2.40 bits per heavy atom. The van der Waals surface area contributed by atoms with Gasteiger partial charge in [-0.3, -0.25) is 9.69 Å². The number of carbonyl (C=O) groups is 1. The van der Waals surface area contributed by atoms with Gasteiger partial charge >= 0.3 is 5.97 Å². The summed E-state index contributed by atoms with van der Waals surface area (Å²) in [6, 6.07) is -0.121. The van der Waals surface area contributed by atoms with Crippen LogP contribution in [0, 0.1) is 0 Å². The maximum Gasteiger partial charge on any atom is 0.324 e. The average Bonchev–Trinajstić information content (AvgIpc) is 2.17. The van der Waals surface area contributed by atoms with Crippen molar-refractivity contribution in [2.45, 2.75) is 46.2 Å². The average molecular weight is 216 g/mol. The van der Waals surface area contributed by atoms with Crippen molar-refractivity contribution in [2.24, 2.45) is 5.73 Å². The Balaban J connectivity index is 4.09. The van der Waals surface area contributed by atoms with Gasteiger partial charge in [-0.2, -0.15) is 0 Å². The number of hydrogen-bond acceptors (Lipinski definition) is 4. The summed E-state index contributed by atoms with van der Waals surface area (Å²) in [5, 5.41) is 0. The van der Waals surface area contributed by atoms with Crippen molar-refractivity contribution in [2.75, 3.05) is 19.7 Å². The van der Waals surface area contributed by atoms with Crippen LogP contribution >= 0.6 is 0 Å². The Morgan fingerprint density at radius 1 is 1.40 bits per heavy atom. The van der Waals surface area contributed by atoms with Crippen molar-refractivity contribution in [3.8, 4) is 0 Å². The van der Waals surface area contributed by atoms with E-state index in [-0.39, 0.29) is 5.97 Å². The molecule has 0 radical (unpaired) electrons. The monoisotopic (exact) mass is 216 g/mol. The van der Waals surface area contributed by atoms with Gasteiger partial charge < -0.3 is 10.5 Å². The van der Waals surface area contributed by atoms with Gasteiger partial charge in [0.05, 0.1) is 6.61 Å². The molecule has 0 amide bonds. The zero-order valence-electron chi connectivity index (χ0n) is 10.3. The highest BCUT2D eigenvalue weighted by Crippen LogP contribution is 2.01. The summed E-state index contributed by atoms with van der Waals surface area (Å²) in [7, 11) is 0. The predicted octanol–water partition coefficient (Wildman–Crippen LogP) is 0.997. The molecule has 0 aliphatic heterocycles. The quantitative estimate of drug-likeness (QED) is 0.645. The largest absolute Gasteiger partial charge is 0.465 e. The number of ether oxygens (including phenoxy) is 1. The van der Waals surface area contributed by atoms with Crippen LogP contribution in [0.5, 0.6) is 0 Å². The second-order valence-corrected chi connectivity index (χ2v) is 3.95. The molecule has 0 saturated heterocycles. The zero-order valence-corrected chi connectivity index (χ0v) is 10.3. The van der Waals surface area contributed by atoms with Crippen molar-refractivity contribution in [3.63, 3.8) is 0 Å². The molecule has 90 valence electrons. The van der Waals surface area contributed by atoms with E-state index in [0.29, 0.717) is 19.2 Å². The minimum absolute atomic E-state index is 0.306. The van der Waals surface area contributed by atoms with E-state index < -0.39 is 6.04 Å². The molecule has 1 unspecified atom stereocenters. The second-order valence-electron chi connectivity index (χ2n) is 3.95. The molecule has 4 heteroatoms. The molecule has 0 aromatic rings. The minimum Gasteiger partial charge on any atom is -0.465 e. The number of rotatable bonds is 7. The lowest BCUT2D eigenvalue weighted by Crippen LogP contribution is -2.46. The predicted molar refractivity (Wildman–Crippen MR) is 61.6 cm³/mol. The Hall–Kier alpha value is -0.610. The van der Waals surface area contributed by atoms with Gasteiger partial charge in [-0.25, -0.2) is 0 Å². The van der Waals surface area contributed by atoms with Crippen LogP contribution in [-0.2, 0) is 9.53 Å². The molecule has 0 aromatic heterocycles. The van der Waals surface area contributed by atoms with E-state index in [4.69, 9.17) is 10.5 Å². The number of hydrogen-bond donors (Lipinski definition) is 1. The SMILES string of the molecule is CCCN(CC(N)C(=O)OCC)C(C)C. The summed E-state index contributed by atoms with van der Waals surface area (Å²) < 4.78 is 4.87. The Morgan fingerprint density at radius 2 is 2.00 bits per heavy atom. The maximum absolute atomic E-state index is 11.3. The lowest BCUT2D eigenvalue weighted by atomic mass is 10.2. The van der Waals surface area contributed by atoms with E-state index in [1.54, 1.807) is 6.92 Å². The lowest BCUT2D eigenvalue weighted by molar-refractivity contribution is -0.145. The third-order valence-corrected chi connectivity index (χ3v) is 2.26. The zero-order chi connectivity index (χ0) is 11.8. The highest BCUT2D eigenvalue weighted by Gasteiger charge is 2.19. The molecule has 0 saturated carbocycles. The van der Waals surface area contributed by atoms with E-state index in [1.165, 1.54) is 0 Å². The number of esters is 1. The van der Waals surface area contributed by atoms with Gasteiger partial charge in [0, 0.05) is 12.6 Å². The fourth-order valence-electron chi connectivity index (χ4n) is 1.42. The van der Waals surface area contributed by atoms with Crippen molar-refractivity contribution >= 4 is 5.97 Å². The molecule has 0 fully saturated rings. The van der Waals surface area contributed by atoms with Crippen molar-refractivity contribution < 1.29 is 9.53 Å². The molecule has 0 aromatic carbocycles. The van der Waals surface area contributed by atoms with Gasteiger partial charge in [0.25, 0.3) is 0 Å². The molecule has 2 N–H and O–H groups in total. The van der Waals surface area contributed by atoms with Gasteiger partial charge in [0.15, 0.2) is 0 Å². The highest BCUT2D eigenvalue weighted by atomic mass is 16.5. The Kier molecular flexibility index (Phi) is 7.34. The van der Waals surface area contributed by atoms with Gasteiger partial charge in [0.1, 0.15) is 6.04 Å². The summed E-state index contributed by atoms with van der Waals surface area (Å²) in [6.45, 7) is 10.0. The van der Waals surface area contributed by atoms with Crippen LogP contribution in [0.2, 0.25) is 0 Å². The van der Waals surface area contributed by atoms with E-state index >= 15 is 0 Å². The summed E-state index contributed by atoms with van der Waals surface area (Å²) in [5.41, 5.74) is 5.76. The Bertz CT molecular complexity index is 183. The highest BCUT2D eigenvalue weighted by molar-refractivity contribution is 5.75. The summed E-state index contributed by atoms with van der Waals surface area (Å²) >= 11 is 0. The van der Waals surface area contributed by atoms with Crippen LogP contribution in [-0.4, -0.2) is 42.6 Å². The summed E-state index contributed by atoms with van der Waals surface area (Å²) in [5.74, 6) is -0.306. The first kappa shape index (κ1) is 14.4. The van der Waals surface area contributed by atoms with E-state index in [0.717, 1.165) is 13.0 Å². The fraction of sp³-hybridized carbons (Fsp3) is 0.909. The molecule has 0 spiro atoms. The summed E-state index contributed by atoms with van der Waals surface area (Å²) in [6.07, 6.45) is 1.06. The van der Waals surface area contributed by atoms with Crippen LogP contribution in [0.3, 0.4) is 0 Å². The first-order valence-electron chi connectivity index (χ1n) is 5.69. The normalized spacial score (nSPS) is 13.3. The number of nitrogens with zero attached hydrogens (tertiary/aromatic N) is 1. The molecule has 0 rings (SSSR count). The molecule has 1 atom stereocenters. The third-order valence-electron chi connectivity index (χ3n) is 2.26. The molecule has 0 bridgehead atoms. The van der Waals surface area contributed by atoms with Crippen LogP contribution in [0.1, 0.15) is 34.1 Å². The first-order valence-corrected chi connectivity index (χ1v) is 5.69. The number of carbonyl (C=O) groups excluding carboxylic acids is 1. The molecule has 4 nitrogen and oxygen atoms in total. The molecular weight excluding hydrogens is 192 g/mol. The van der Waals surface area contributed by atoms with Crippen molar-refractivity contribution in [1.82, 2.24) is 4.90 Å². The fourth-order valence-corrected chi connectivity index (χ4v) is 1.42. The standard InChI is InChI=1S/C11H24N2O2/c1-5-7-13(9(3)4)8-10(12)11(14)15-6-2/h9-10H,5-8,12H2,1-4H3. The summed E-state index contributed by atoms with van der Waals surface area (Å²) in [4.78, 5) is 13.5. The molecule has 0 heterocycles. The van der Waals surface area contributed by atoms with Gasteiger partial charge in [-0.05, 0) is 33.7 Å². The second kappa shape index (κ2) is 7.65. The molecule has 15 heavy (non-hydrogen) atoms. The third kappa shape index (κ3) is 5.74. The van der Waals surface area contributed by atoms with Gasteiger partial charge in [-0.1, -0.05) is 6.92 Å². The van der Waals surface area contributed by atoms with E-state index in [9.17, 15) is 4.79 Å².